The third kappa shape index (κ3) is 23.9. The van der Waals surface area contributed by atoms with Crippen molar-refractivity contribution in [2.75, 3.05) is 78.2 Å². The highest BCUT2D eigenvalue weighted by atomic mass is 16.5. The predicted molar refractivity (Wildman–Crippen MR) is 356 cm³/mol. The van der Waals surface area contributed by atoms with Crippen LogP contribution in [0.25, 0.3) is 0 Å². The molecule has 0 saturated carbocycles. The number of hydrogen-bond donors (Lipinski definition) is 0. The Morgan fingerprint density at radius 2 is 0.878 bits per heavy atom. The van der Waals surface area contributed by atoms with Crippen molar-refractivity contribution in [1.29, 1.82) is 0 Å². The molecule has 82 heavy (non-hydrogen) atoms. The average molecular weight is 1130 g/mol. The van der Waals surface area contributed by atoms with Crippen molar-refractivity contribution in [3.63, 3.8) is 0 Å². The van der Waals surface area contributed by atoms with Gasteiger partial charge in [0.2, 0.25) is 0 Å². The number of nitrogens with zero attached hydrogens (tertiary/aromatic N) is 5. The van der Waals surface area contributed by atoms with Crippen molar-refractivity contribution in [3.05, 3.63) is 125 Å². The summed E-state index contributed by atoms with van der Waals surface area (Å²) >= 11 is 0. The summed E-state index contributed by atoms with van der Waals surface area (Å²) in [5.41, 5.74) is 10.0. The molecule has 3 saturated heterocycles. The molecule has 0 N–H and O–H groups in total. The van der Waals surface area contributed by atoms with Crippen molar-refractivity contribution in [1.82, 2.24) is 19.6 Å². The fourth-order valence-corrected chi connectivity index (χ4v) is 10.6. The standard InChI is InChI=1S/C20H33N.C19H30N2.C19H33NO2.C16H27NO/c1-19(2,3)18-9-7-16(8-10-18)15-17-11-13-21(14-12-17)20(4,5)6;1-18(2,3)14-7-9-15(10-8-14)20-12-17-11-16(20)13-21(17)19(4,5)6;1-18(2,3)16-8-10-17(11-9-16)21-14-12-20(7)13-15-22-19(4,5)6;1-15(2,3)13-8-10-14(11-9-13)18-12-17(7)16(4,5)6/h7-10,17H,11-15H2,1-6H3;7-10,16-17H,11-13H2,1-6H3;8-11H,12-15H2,1-7H3;8-11H,12H2,1-7H3/t;16-,17-;;/m.0../s1. The maximum atomic E-state index is 5.81. The van der Waals surface area contributed by atoms with E-state index in [0.29, 0.717) is 30.5 Å². The Morgan fingerprint density at radius 1 is 0.463 bits per heavy atom. The zero-order valence-electron chi connectivity index (χ0n) is 57.6. The quantitative estimate of drug-likeness (QED) is 0.123. The topological polar surface area (TPSA) is 43.9 Å². The molecule has 8 nitrogen and oxygen atoms in total. The molecule has 3 fully saturated rings. The number of likely N-dealkylation sites (N-methyl/N-ethyl adjacent to an activating group) is 1. The first-order valence-corrected chi connectivity index (χ1v) is 31.5. The Bertz CT molecular complexity index is 2440. The molecule has 3 aliphatic heterocycles. The molecule has 0 radical (unpaired) electrons. The van der Waals surface area contributed by atoms with Crippen molar-refractivity contribution in [2.24, 2.45) is 5.92 Å². The van der Waals surface area contributed by atoms with Crippen molar-refractivity contribution >= 4 is 5.69 Å². The molecule has 462 valence electrons. The molecule has 0 aliphatic carbocycles. The Hall–Kier alpha value is -3.92. The third-order valence-electron chi connectivity index (χ3n) is 16.8. The van der Waals surface area contributed by atoms with Gasteiger partial charge in [0.25, 0.3) is 0 Å². The molecule has 4 aromatic rings. The maximum absolute atomic E-state index is 5.81. The number of fused-ring (bicyclic) bond motifs is 2. The summed E-state index contributed by atoms with van der Waals surface area (Å²) in [5, 5.41) is 0. The number of ether oxygens (including phenoxy) is 3. The molecule has 3 aliphatic rings. The van der Waals surface area contributed by atoms with Crippen LogP contribution >= 0.6 is 0 Å². The predicted octanol–water partition coefficient (Wildman–Crippen LogP) is 17.2. The second-order valence-electron chi connectivity index (χ2n) is 32.4. The molecule has 7 rings (SSSR count). The number of likely N-dealkylation sites (tertiary alicyclic amines) is 2. The van der Waals surface area contributed by atoms with E-state index in [1.54, 1.807) is 0 Å². The van der Waals surface area contributed by atoms with Gasteiger partial charge in [0.1, 0.15) is 24.8 Å². The van der Waals surface area contributed by atoms with Gasteiger partial charge in [0.05, 0.1) is 12.2 Å². The lowest BCUT2D eigenvalue weighted by Gasteiger charge is -2.42. The van der Waals surface area contributed by atoms with Crippen LogP contribution in [0.5, 0.6) is 11.5 Å². The van der Waals surface area contributed by atoms with Crippen LogP contribution in [0, 0.1) is 5.92 Å². The van der Waals surface area contributed by atoms with Crippen LogP contribution in [0.4, 0.5) is 5.69 Å². The molecule has 2 bridgehead atoms. The van der Waals surface area contributed by atoms with Crippen LogP contribution in [0.1, 0.15) is 213 Å². The summed E-state index contributed by atoms with van der Waals surface area (Å²) in [5.74, 6) is 2.73. The first-order chi connectivity index (χ1) is 37.5. The lowest BCUT2D eigenvalue weighted by atomic mass is 9.84. The van der Waals surface area contributed by atoms with Crippen LogP contribution in [-0.4, -0.2) is 127 Å². The molecular formula is C74H123N5O3. The first-order valence-electron chi connectivity index (χ1n) is 31.5. The van der Waals surface area contributed by atoms with Crippen molar-refractivity contribution in [2.45, 2.75) is 248 Å². The Morgan fingerprint density at radius 3 is 1.26 bits per heavy atom. The van der Waals surface area contributed by atoms with Crippen LogP contribution in [-0.2, 0) is 32.8 Å². The first kappa shape index (κ1) is 70.6. The van der Waals surface area contributed by atoms with Crippen LogP contribution in [0.3, 0.4) is 0 Å². The lowest BCUT2D eigenvalue weighted by molar-refractivity contribution is -0.0114. The van der Waals surface area contributed by atoms with Gasteiger partial charge in [-0.1, -0.05) is 144 Å². The van der Waals surface area contributed by atoms with Gasteiger partial charge in [-0.3, -0.25) is 14.7 Å². The van der Waals surface area contributed by atoms with E-state index >= 15 is 0 Å². The fourth-order valence-electron chi connectivity index (χ4n) is 10.6. The number of rotatable bonds is 13. The highest BCUT2D eigenvalue weighted by Gasteiger charge is 2.46. The van der Waals surface area contributed by atoms with E-state index < -0.39 is 0 Å². The summed E-state index contributed by atoms with van der Waals surface area (Å²) in [7, 11) is 4.17. The number of anilines is 1. The third-order valence-corrected chi connectivity index (χ3v) is 16.8. The minimum absolute atomic E-state index is 0.0634. The zero-order chi connectivity index (χ0) is 61.9. The number of piperazine rings is 1. The largest absolute Gasteiger partial charge is 0.492 e. The second-order valence-corrected chi connectivity index (χ2v) is 32.4. The van der Waals surface area contributed by atoms with Gasteiger partial charge in [-0.2, -0.15) is 0 Å². The Balaban J connectivity index is 0.000000236. The Labute approximate surface area is 505 Å². The SMILES string of the molecule is CC(C)(C)c1ccc(CC2CCN(C(C)(C)C)CC2)cc1.CC(C)(C)c1ccc(N2C[C@@H]3C[C@H]2CN3C(C)(C)C)cc1.CN(CCOc1ccc(C(C)(C)C)cc1)CCOC(C)(C)C.CN(COc1ccc(C(C)(C)C)cc1)C(C)(C)C. The molecule has 0 amide bonds. The normalized spacial score (nSPS) is 17.9. The summed E-state index contributed by atoms with van der Waals surface area (Å²) in [4.78, 5) is 12.4. The van der Waals surface area contributed by atoms with Gasteiger partial charge < -0.3 is 24.0 Å². The number of benzene rings is 4. The molecule has 0 unspecified atom stereocenters. The molecule has 3 heterocycles. The number of piperidine rings is 1. The minimum atomic E-state index is -0.0634. The van der Waals surface area contributed by atoms with Crippen LogP contribution < -0.4 is 14.4 Å². The van der Waals surface area contributed by atoms with Crippen LogP contribution in [0.2, 0.25) is 0 Å². The van der Waals surface area contributed by atoms with Crippen molar-refractivity contribution < 1.29 is 14.2 Å². The zero-order valence-corrected chi connectivity index (χ0v) is 57.6. The van der Waals surface area contributed by atoms with Crippen LogP contribution in [0.15, 0.2) is 97.1 Å². The van der Waals surface area contributed by atoms with E-state index in [4.69, 9.17) is 14.2 Å². The summed E-state index contributed by atoms with van der Waals surface area (Å²) in [6.45, 7) is 62.6. The maximum Gasteiger partial charge on any atom is 0.142 e. The van der Waals surface area contributed by atoms with E-state index in [-0.39, 0.29) is 32.8 Å². The summed E-state index contributed by atoms with van der Waals surface area (Å²) in [6, 6.07) is 36.8. The highest BCUT2D eigenvalue weighted by molar-refractivity contribution is 5.52. The van der Waals surface area contributed by atoms with Gasteiger partial charge in [-0.15, -0.1) is 0 Å². The molecule has 0 spiro atoms. The smallest absolute Gasteiger partial charge is 0.142 e. The van der Waals surface area contributed by atoms with Gasteiger partial charge >= 0.3 is 0 Å². The van der Waals surface area contributed by atoms with E-state index in [1.165, 1.54) is 85.4 Å². The number of hydrogen-bond acceptors (Lipinski definition) is 8. The minimum Gasteiger partial charge on any atom is -0.492 e. The Kier molecular flexibility index (Phi) is 24.9. The van der Waals surface area contributed by atoms with Crippen molar-refractivity contribution in [3.8, 4) is 11.5 Å². The highest BCUT2D eigenvalue weighted by Crippen LogP contribution is 2.39. The molecule has 4 aromatic carbocycles. The lowest BCUT2D eigenvalue weighted by Crippen LogP contribution is -2.53. The van der Waals surface area contributed by atoms with E-state index in [9.17, 15) is 0 Å². The molecule has 0 aromatic heterocycles. The van der Waals surface area contributed by atoms with E-state index in [2.05, 4.69) is 302 Å². The summed E-state index contributed by atoms with van der Waals surface area (Å²) < 4.78 is 17.3. The fraction of sp³-hybridized carbons (Fsp3) is 0.676. The van der Waals surface area contributed by atoms with Gasteiger partial charge in [0, 0.05) is 60.6 Å². The average Bonchev–Trinajstić information content (AvgIpc) is 4.18. The summed E-state index contributed by atoms with van der Waals surface area (Å²) in [6.07, 6.45) is 5.28. The van der Waals surface area contributed by atoms with E-state index in [1.807, 2.05) is 0 Å². The molecule has 2 atom stereocenters. The van der Waals surface area contributed by atoms with Gasteiger partial charge in [0.15, 0.2) is 0 Å². The second kappa shape index (κ2) is 29.0. The van der Waals surface area contributed by atoms with Gasteiger partial charge in [-0.25, -0.2) is 0 Å². The molecule has 8 heteroatoms. The molecular weight excluding hydrogens is 1010 g/mol. The van der Waals surface area contributed by atoms with Gasteiger partial charge in [-0.05, 0) is 228 Å². The van der Waals surface area contributed by atoms with E-state index in [0.717, 1.165) is 43.2 Å². The monoisotopic (exact) mass is 1130 g/mol.